The third-order valence-corrected chi connectivity index (χ3v) is 9.24. The number of anilines is 1. The molecule has 0 amide bonds. The predicted molar refractivity (Wildman–Crippen MR) is 125 cm³/mol. The van der Waals surface area contributed by atoms with Gasteiger partial charge in [-0.1, -0.05) is 61.3 Å². The molecule has 1 aliphatic rings. The van der Waals surface area contributed by atoms with E-state index in [0.29, 0.717) is 31.0 Å². The molecule has 0 atom stereocenters. The van der Waals surface area contributed by atoms with Crippen LogP contribution in [0.5, 0.6) is 0 Å². The van der Waals surface area contributed by atoms with Crippen molar-refractivity contribution in [1.82, 2.24) is 4.98 Å². The molecule has 158 valence electrons. The molecule has 1 aromatic heterocycles. The molecule has 0 aliphatic carbocycles. The SMILES string of the molecule is CCCc1ccc(-c2csc(N3CCC(S(=O)(=O)c4ccccc4Cl)CC3)n2)cc1. The first-order chi connectivity index (χ1) is 14.5. The van der Waals surface area contributed by atoms with Crippen LogP contribution in [0.3, 0.4) is 0 Å². The van der Waals surface area contributed by atoms with Crippen LogP contribution < -0.4 is 4.90 Å². The van der Waals surface area contributed by atoms with E-state index in [0.717, 1.165) is 29.2 Å². The van der Waals surface area contributed by atoms with Crippen molar-refractivity contribution in [3.05, 3.63) is 64.5 Å². The predicted octanol–water partition coefficient (Wildman–Crippen LogP) is 5.86. The fraction of sp³-hybridized carbons (Fsp3) is 0.348. The topological polar surface area (TPSA) is 50.3 Å². The fourth-order valence-corrected chi connectivity index (χ4v) is 7.03. The van der Waals surface area contributed by atoms with Crippen molar-refractivity contribution >= 4 is 37.9 Å². The minimum absolute atomic E-state index is 0.244. The molecule has 30 heavy (non-hydrogen) atoms. The number of aryl methyl sites for hydroxylation is 1. The maximum absolute atomic E-state index is 13.0. The molecule has 2 aromatic carbocycles. The average molecular weight is 461 g/mol. The normalized spacial score (nSPS) is 15.5. The lowest BCUT2D eigenvalue weighted by Crippen LogP contribution is -2.39. The van der Waals surface area contributed by atoms with Crippen LogP contribution in [-0.4, -0.2) is 31.7 Å². The molecule has 0 bridgehead atoms. The van der Waals surface area contributed by atoms with Gasteiger partial charge in [-0.3, -0.25) is 0 Å². The fourth-order valence-electron chi connectivity index (χ4n) is 3.89. The third-order valence-electron chi connectivity index (χ3n) is 5.57. The number of benzene rings is 2. The molecule has 4 rings (SSSR count). The van der Waals surface area contributed by atoms with E-state index in [1.807, 2.05) is 0 Å². The smallest absolute Gasteiger partial charge is 0.185 e. The molecular formula is C23H25ClN2O2S2. The standard InChI is InChI=1S/C23H25ClN2O2S2/c1-2-5-17-8-10-18(11-9-17)21-16-29-23(25-21)26-14-12-19(13-15-26)30(27,28)22-7-4-3-6-20(22)24/h3-4,6-11,16,19H,2,5,12-15H2,1H3. The summed E-state index contributed by atoms with van der Waals surface area (Å²) in [6, 6.07) is 15.3. The first-order valence-electron chi connectivity index (χ1n) is 10.3. The lowest BCUT2D eigenvalue weighted by atomic mass is 10.1. The number of rotatable bonds is 6. The van der Waals surface area contributed by atoms with E-state index in [2.05, 4.69) is 41.5 Å². The van der Waals surface area contributed by atoms with Crippen molar-refractivity contribution < 1.29 is 8.42 Å². The molecule has 0 N–H and O–H groups in total. The molecule has 2 heterocycles. The first-order valence-corrected chi connectivity index (χ1v) is 13.1. The van der Waals surface area contributed by atoms with E-state index >= 15 is 0 Å². The Labute approximate surface area is 187 Å². The second-order valence-electron chi connectivity index (χ2n) is 7.62. The van der Waals surface area contributed by atoms with Crippen molar-refractivity contribution in [3.8, 4) is 11.3 Å². The highest BCUT2D eigenvalue weighted by Crippen LogP contribution is 2.33. The summed E-state index contributed by atoms with van der Waals surface area (Å²) in [5, 5.41) is 2.93. The van der Waals surface area contributed by atoms with Crippen molar-refractivity contribution in [3.63, 3.8) is 0 Å². The van der Waals surface area contributed by atoms with E-state index in [-0.39, 0.29) is 4.90 Å². The molecule has 7 heteroatoms. The maximum Gasteiger partial charge on any atom is 0.185 e. The van der Waals surface area contributed by atoms with Crippen LogP contribution in [0.1, 0.15) is 31.7 Å². The minimum Gasteiger partial charge on any atom is -0.348 e. The zero-order chi connectivity index (χ0) is 21.1. The van der Waals surface area contributed by atoms with Gasteiger partial charge in [-0.25, -0.2) is 13.4 Å². The lowest BCUT2D eigenvalue weighted by molar-refractivity contribution is 0.529. The van der Waals surface area contributed by atoms with Crippen LogP contribution in [-0.2, 0) is 16.3 Å². The second-order valence-corrected chi connectivity index (χ2v) is 11.1. The van der Waals surface area contributed by atoms with E-state index in [1.54, 1.807) is 35.6 Å². The Balaban J connectivity index is 1.43. The number of sulfone groups is 1. The van der Waals surface area contributed by atoms with Crippen LogP contribution in [0.4, 0.5) is 5.13 Å². The van der Waals surface area contributed by atoms with Gasteiger partial charge in [0.1, 0.15) is 0 Å². The van der Waals surface area contributed by atoms with Gasteiger partial charge in [0.05, 0.1) is 20.9 Å². The summed E-state index contributed by atoms with van der Waals surface area (Å²) in [5.74, 6) is 0. The number of hydrogen-bond donors (Lipinski definition) is 0. The Morgan fingerprint density at radius 1 is 1.10 bits per heavy atom. The van der Waals surface area contributed by atoms with Crippen LogP contribution in [0, 0.1) is 0 Å². The number of piperidine rings is 1. The van der Waals surface area contributed by atoms with E-state index < -0.39 is 15.1 Å². The monoisotopic (exact) mass is 460 g/mol. The molecule has 4 nitrogen and oxygen atoms in total. The largest absolute Gasteiger partial charge is 0.348 e. The average Bonchev–Trinajstić information content (AvgIpc) is 3.25. The Bertz CT molecular complexity index is 1100. The molecule has 0 unspecified atom stereocenters. The van der Waals surface area contributed by atoms with Gasteiger partial charge in [0, 0.05) is 24.0 Å². The summed E-state index contributed by atoms with van der Waals surface area (Å²) in [4.78, 5) is 7.25. The summed E-state index contributed by atoms with van der Waals surface area (Å²) in [6.45, 7) is 3.54. The molecule has 0 radical (unpaired) electrons. The highest BCUT2D eigenvalue weighted by atomic mass is 35.5. The minimum atomic E-state index is -3.42. The summed E-state index contributed by atoms with van der Waals surface area (Å²) in [6.07, 6.45) is 3.39. The van der Waals surface area contributed by atoms with E-state index in [9.17, 15) is 8.42 Å². The van der Waals surface area contributed by atoms with Gasteiger partial charge in [-0.15, -0.1) is 11.3 Å². The van der Waals surface area contributed by atoms with Crippen molar-refractivity contribution in [2.45, 2.75) is 42.8 Å². The molecule has 1 fully saturated rings. The maximum atomic E-state index is 13.0. The Kier molecular flexibility index (Phi) is 6.46. The van der Waals surface area contributed by atoms with Gasteiger partial charge < -0.3 is 4.90 Å². The van der Waals surface area contributed by atoms with Gasteiger partial charge >= 0.3 is 0 Å². The number of nitrogens with zero attached hydrogens (tertiary/aromatic N) is 2. The molecule has 1 aliphatic heterocycles. The second kappa shape index (κ2) is 9.08. The van der Waals surface area contributed by atoms with Gasteiger partial charge in [0.2, 0.25) is 0 Å². The zero-order valence-electron chi connectivity index (χ0n) is 16.9. The summed E-state index contributed by atoms with van der Waals surface area (Å²) >= 11 is 7.76. The van der Waals surface area contributed by atoms with Crippen molar-refractivity contribution in [2.75, 3.05) is 18.0 Å². The highest BCUT2D eigenvalue weighted by Gasteiger charge is 2.33. The first kappa shape index (κ1) is 21.3. The molecule has 0 saturated carbocycles. The molecule has 0 spiro atoms. The molecular weight excluding hydrogens is 436 g/mol. The van der Waals surface area contributed by atoms with Gasteiger partial charge in [-0.05, 0) is 37.0 Å². The number of aromatic nitrogens is 1. The molecule has 1 saturated heterocycles. The van der Waals surface area contributed by atoms with Crippen LogP contribution >= 0.6 is 22.9 Å². The number of thiazole rings is 1. The molecule has 3 aromatic rings. The number of halogens is 1. The van der Waals surface area contributed by atoms with Gasteiger partial charge in [0.15, 0.2) is 15.0 Å². The number of hydrogen-bond acceptors (Lipinski definition) is 5. The Hall–Kier alpha value is -1.89. The van der Waals surface area contributed by atoms with Crippen LogP contribution in [0.15, 0.2) is 58.8 Å². The quantitative estimate of drug-likeness (QED) is 0.462. The zero-order valence-corrected chi connectivity index (χ0v) is 19.3. The Morgan fingerprint density at radius 3 is 2.47 bits per heavy atom. The Morgan fingerprint density at radius 2 is 1.80 bits per heavy atom. The summed E-state index contributed by atoms with van der Waals surface area (Å²) in [5.41, 5.74) is 3.44. The summed E-state index contributed by atoms with van der Waals surface area (Å²) in [7, 11) is -3.42. The van der Waals surface area contributed by atoms with Crippen molar-refractivity contribution in [1.29, 1.82) is 0 Å². The summed E-state index contributed by atoms with van der Waals surface area (Å²) < 4.78 is 26.0. The van der Waals surface area contributed by atoms with Gasteiger partial charge in [0.25, 0.3) is 0 Å². The van der Waals surface area contributed by atoms with Crippen LogP contribution in [0.25, 0.3) is 11.3 Å². The van der Waals surface area contributed by atoms with Crippen LogP contribution in [0.2, 0.25) is 5.02 Å². The van der Waals surface area contributed by atoms with E-state index in [1.165, 1.54) is 5.56 Å². The van der Waals surface area contributed by atoms with Crippen molar-refractivity contribution in [2.24, 2.45) is 0 Å². The highest BCUT2D eigenvalue weighted by molar-refractivity contribution is 7.92. The third kappa shape index (κ3) is 4.41. The van der Waals surface area contributed by atoms with Gasteiger partial charge in [-0.2, -0.15) is 0 Å². The van der Waals surface area contributed by atoms with E-state index in [4.69, 9.17) is 16.6 Å². The lowest BCUT2D eigenvalue weighted by Gasteiger charge is -2.31.